The van der Waals surface area contributed by atoms with Crippen LogP contribution in [0.1, 0.15) is 19.8 Å². The van der Waals surface area contributed by atoms with Crippen LogP contribution in [0.5, 0.6) is 11.5 Å². The fourth-order valence-corrected chi connectivity index (χ4v) is 1.32. The van der Waals surface area contributed by atoms with E-state index in [0.29, 0.717) is 0 Å². The molecule has 0 saturated carbocycles. The molecule has 0 amide bonds. The third-order valence-corrected chi connectivity index (χ3v) is 2.21. The zero-order valence-corrected chi connectivity index (χ0v) is 9.67. The number of benzene rings is 1. The van der Waals surface area contributed by atoms with Gasteiger partial charge < -0.3 is 14.8 Å². The molecule has 84 valence electrons. The molecule has 0 aliphatic rings. The standard InChI is InChI=1S/C12H19NO2/c1-4-5-6-13-10-7-11(14-2)9-12(8-10)15-3/h7-9,13H,4-6H2,1-3H3. The quantitative estimate of drug-likeness (QED) is 0.731. The molecule has 1 rings (SSSR count). The Morgan fingerprint density at radius 3 is 2.13 bits per heavy atom. The van der Waals surface area contributed by atoms with E-state index in [0.717, 1.165) is 23.7 Å². The minimum atomic E-state index is 0.813. The van der Waals surface area contributed by atoms with Crippen molar-refractivity contribution in [1.82, 2.24) is 0 Å². The Bertz CT molecular complexity index is 277. The van der Waals surface area contributed by atoms with Crippen LogP contribution in [0.2, 0.25) is 0 Å². The largest absolute Gasteiger partial charge is 0.497 e. The molecular formula is C12H19NO2. The van der Waals surface area contributed by atoms with Crippen LogP contribution in [0.4, 0.5) is 5.69 Å². The highest BCUT2D eigenvalue weighted by Gasteiger charge is 2.00. The molecule has 0 heterocycles. The van der Waals surface area contributed by atoms with Gasteiger partial charge in [0, 0.05) is 30.4 Å². The van der Waals surface area contributed by atoms with Crippen molar-refractivity contribution in [2.45, 2.75) is 19.8 Å². The SMILES string of the molecule is CCCCNc1cc(OC)cc(OC)c1. The lowest BCUT2D eigenvalue weighted by Crippen LogP contribution is -2.01. The molecule has 1 N–H and O–H groups in total. The lowest BCUT2D eigenvalue weighted by atomic mass is 10.2. The van der Waals surface area contributed by atoms with Crippen LogP contribution >= 0.6 is 0 Å². The van der Waals surface area contributed by atoms with Crippen molar-refractivity contribution in [3.63, 3.8) is 0 Å². The van der Waals surface area contributed by atoms with E-state index in [1.54, 1.807) is 14.2 Å². The average Bonchev–Trinajstić information content (AvgIpc) is 2.29. The van der Waals surface area contributed by atoms with E-state index in [-0.39, 0.29) is 0 Å². The topological polar surface area (TPSA) is 30.5 Å². The molecule has 0 radical (unpaired) electrons. The van der Waals surface area contributed by atoms with Crippen LogP contribution in [0, 0.1) is 0 Å². The first-order valence-electron chi connectivity index (χ1n) is 5.27. The number of anilines is 1. The van der Waals surface area contributed by atoms with E-state index in [1.165, 1.54) is 12.8 Å². The summed E-state index contributed by atoms with van der Waals surface area (Å²) in [4.78, 5) is 0. The fourth-order valence-electron chi connectivity index (χ4n) is 1.32. The molecule has 0 saturated heterocycles. The second kappa shape index (κ2) is 6.17. The van der Waals surface area contributed by atoms with Crippen LogP contribution in [-0.4, -0.2) is 20.8 Å². The van der Waals surface area contributed by atoms with Gasteiger partial charge in [-0.15, -0.1) is 0 Å². The molecule has 1 aromatic rings. The Labute approximate surface area is 91.4 Å². The molecule has 0 spiro atoms. The normalized spacial score (nSPS) is 9.80. The highest BCUT2D eigenvalue weighted by atomic mass is 16.5. The first kappa shape index (κ1) is 11.7. The second-order valence-corrected chi connectivity index (χ2v) is 3.38. The summed E-state index contributed by atoms with van der Waals surface area (Å²) in [5, 5.41) is 3.34. The number of unbranched alkanes of at least 4 members (excludes halogenated alkanes) is 1. The minimum absolute atomic E-state index is 0.813. The monoisotopic (exact) mass is 209 g/mol. The molecule has 3 heteroatoms. The molecule has 15 heavy (non-hydrogen) atoms. The van der Waals surface area contributed by atoms with Crippen molar-refractivity contribution in [2.75, 3.05) is 26.1 Å². The molecule has 0 bridgehead atoms. The Kier molecular flexibility index (Phi) is 4.81. The summed E-state index contributed by atoms with van der Waals surface area (Å²) in [7, 11) is 3.31. The van der Waals surface area contributed by atoms with E-state index in [2.05, 4.69) is 12.2 Å². The van der Waals surface area contributed by atoms with E-state index in [1.807, 2.05) is 18.2 Å². The summed E-state index contributed by atoms with van der Waals surface area (Å²) in [6.07, 6.45) is 2.35. The van der Waals surface area contributed by atoms with Crippen molar-refractivity contribution in [1.29, 1.82) is 0 Å². The predicted octanol–water partition coefficient (Wildman–Crippen LogP) is 2.92. The fraction of sp³-hybridized carbons (Fsp3) is 0.500. The highest BCUT2D eigenvalue weighted by Crippen LogP contribution is 2.25. The zero-order chi connectivity index (χ0) is 11.1. The maximum atomic E-state index is 5.18. The van der Waals surface area contributed by atoms with E-state index < -0.39 is 0 Å². The van der Waals surface area contributed by atoms with Gasteiger partial charge in [-0.3, -0.25) is 0 Å². The Morgan fingerprint density at radius 1 is 1.07 bits per heavy atom. The minimum Gasteiger partial charge on any atom is -0.497 e. The molecule has 1 aromatic carbocycles. The van der Waals surface area contributed by atoms with Crippen molar-refractivity contribution in [2.24, 2.45) is 0 Å². The lowest BCUT2D eigenvalue weighted by Gasteiger charge is -2.10. The smallest absolute Gasteiger partial charge is 0.124 e. The predicted molar refractivity (Wildman–Crippen MR) is 62.9 cm³/mol. The summed E-state index contributed by atoms with van der Waals surface area (Å²) in [5.41, 5.74) is 1.04. The summed E-state index contributed by atoms with van der Waals surface area (Å²) >= 11 is 0. The van der Waals surface area contributed by atoms with Gasteiger partial charge in [0.25, 0.3) is 0 Å². The third-order valence-electron chi connectivity index (χ3n) is 2.21. The Hall–Kier alpha value is -1.38. The summed E-state index contributed by atoms with van der Waals surface area (Å²) in [6.45, 7) is 3.15. The van der Waals surface area contributed by atoms with Crippen LogP contribution in [-0.2, 0) is 0 Å². The number of hydrogen-bond acceptors (Lipinski definition) is 3. The second-order valence-electron chi connectivity index (χ2n) is 3.38. The van der Waals surface area contributed by atoms with Gasteiger partial charge >= 0.3 is 0 Å². The molecule has 0 aromatic heterocycles. The first-order valence-corrected chi connectivity index (χ1v) is 5.27. The number of hydrogen-bond donors (Lipinski definition) is 1. The van der Waals surface area contributed by atoms with Crippen LogP contribution in [0.3, 0.4) is 0 Å². The van der Waals surface area contributed by atoms with Gasteiger partial charge in [-0.05, 0) is 6.42 Å². The number of ether oxygens (including phenoxy) is 2. The molecule has 0 aliphatic carbocycles. The highest BCUT2D eigenvalue weighted by molar-refractivity contribution is 5.53. The van der Waals surface area contributed by atoms with E-state index >= 15 is 0 Å². The van der Waals surface area contributed by atoms with E-state index in [4.69, 9.17) is 9.47 Å². The summed E-state index contributed by atoms with van der Waals surface area (Å²) in [5.74, 6) is 1.63. The zero-order valence-electron chi connectivity index (χ0n) is 9.67. The lowest BCUT2D eigenvalue weighted by molar-refractivity contribution is 0.394. The Balaban J connectivity index is 2.68. The van der Waals surface area contributed by atoms with Gasteiger partial charge in [0.05, 0.1) is 14.2 Å². The van der Waals surface area contributed by atoms with Gasteiger partial charge in [0.2, 0.25) is 0 Å². The van der Waals surface area contributed by atoms with Gasteiger partial charge in [0.15, 0.2) is 0 Å². The van der Waals surface area contributed by atoms with Gasteiger partial charge in [-0.25, -0.2) is 0 Å². The number of rotatable bonds is 6. The maximum absolute atomic E-state index is 5.18. The maximum Gasteiger partial charge on any atom is 0.124 e. The Morgan fingerprint density at radius 2 is 1.67 bits per heavy atom. The number of nitrogens with one attached hydrogen (secondary N) is 1. The summed E-state index contributed by atoms with van der Waals surface area (Å²) < 4.78 is 10.4. The summed E-state index contributed by atoms with van der Waals surface area (Å²) in [6, 6.07) is 5.81. The molecular weight excluding hydrogens is 190 g/mol. The average molecular weight is 209 g/mol. The molecule has 0 unspecified atom stereocenters. The van der Waals surface area contributed by atoms with Crippen molar-refractivity contribution >= 4 is 5.69 Å². The van der Waals surface area contributed by atoms with Crippen molar-refractivity contribution < 1.29 is 9.47 Å². The molecule has 0 fully saturated rings. The molecule has 3 nitrogen and oxygen atoms in total. The van der Waals surface area contributed by atoms with Crippen LogP contribution in [0.25, 0.3) is 0 Å². The molecule has 0 aliphatic heterocycles. The number of methoxy groups -OCH3 is 2. The van der Waals surface area contributed by atoms with Crippen molar-refractivity contribution in [3.8, 4) is 11.5 Å². The van der Waals surface area contributed by atoms with E-state index in [9.17, 15) is 0 Å². The van der Waals surface area contributed by atoms with Gasteiger partial charge in [0.1, 0.15) is 11.5 Å². The first-order chi connectivity index (χ1) is 7.30. The van der Waals surface area contributed by atoms with Crippen LogP contribution in [0.15, 0.2) is 18.2 Å². The van der Waals surface area contributed by atoms with Crippen molar-refractivity contribution in [3.05, 3.63) is 18.2 Å². The van der Waals surface area contributed by atoms with Crippen LogP contribution < -0.4 is 14.8 Å². The van der Waals surface area contributed by atoms with Gasteiger partial charge in [-0.2, -0.15) is 0 Å². The molecule has 0 atom stereocenters. The van der Waals surface area contributed by atoms with Gasteiger partial charge in [-0.1, -0.05) is 13.3 Å². The third kappa shape index (κ3) is 3.70.